The molecule has 0 fully saturated rings. The molecule has 0 unspecified atom stereocenters. The largest absolute Gasteiger partial charge is 0.324 e. The summed E-state index contributed by atoms with van der Waals surface area (Å²) < 4.78 is 68.0. The lowest BCUT2D eigenvalue weighted by atomic mass is 10.1. The van der Waals surface area contributed by atoms with Gasteiger partial charge in [-0.3, -0.25) is 9.11 Å². The molecule has 20 heteroatoms. The lowest BCUT2D eigenvalue weighted by Crippen LogP contribution is -2.05. The van der Waals surface area contributed by atoms with Gasteiger partial charge in [0.05, 0.1) is 0 Å². The second-order valence-corrected chi connectivity index (χ2v) is 11.6. The van der Waals surface area contributed by atoms with Crippen LogP contribution in [0.2, 0.25) is 21.1 Å². The minimum atomic E-state index is -4.77. The van der Waals surface area contributed by atoms with E-state index in [1.807, 2.05) is 0 Å². The van der Waals surface area contributed by atoms with Gasteiger partial charge in [-0.2, -0.15) is 46.7 Å². The number of halogens is 4. The fourth-order valence-corrected chi connectivity index (χ4v) is 5.29. The Hall–Kier alpha value is -3.22. The lowest BCUT2D eigenvalue weighted by Gasteiger charge is -2.10. The highest BCUT2D eigenvalue weighted by Gasteiger charge is 2.18. The van der Waals surface area contributed by atoms with E-state index in [2.05, 4.69) is 40.5 Å². The number of nitrogens with zero attached hydrogens (tertiary/aromatic N) is 6. The van der Waals surface area contributed by atoms with E-state index in [1.165, 1.54) is 36.4 Å². The Morgan fingerprint density at radius 3 is 1.20 bits per heavy atom. The lowest BCUT2D eigenvalue weighted by molar-refractivity contribution is 0.480. The van der Waals surface area contributed by atoms with Crippen molar-refractivity contribution in [3.8, 4) is 0 Å². The van der Waals surface area contributed by atoms with Crippen molar-refractivity contribution in [3.05, 3.63) is 68.7 Å². The van der Waals surface area contributed by atoms with Gasteiger partial charge in [-0.1, -0.05) is 24.3 Å². The van der Waals surface area contributed by atoms with E-state index < -0.39 is 30.0 Å². The molecule has 0 radical (unpaired) electrons. The maximum absolute atomic E-state index is 12.1. The van der Waals surface area contributed by atoms with Crippen LogP contribution in [0.4, 0.5) is 23.3 Å². The van der Waals surface area contributed by atoms with Crippen LogP contribution in [0.5, 0.6) is 0 Å². The molecule has 14 nitrogen and oxygen atoms in total. The summed E-state index contributed by atoms with van der Waals surface area (Å²) in [6.45, 7) is 0. The Labute approximate surface area is 246 Å². The highest BCUT2D eigenvalue weighted by atomic mass is 35.5. The molecule has 4 N–H and O–H groups in total. The zero-order chi connectivity index (χ0) is 29.2. The second-order valence-electron chi connectivity index (χ2n) is 7.43. The molecule has 0 amide bonds. The zero-order valence-electron chi connectivity index (χ0n) is 19.2. The molecule has 0 aliphatic carbocycles. The summed E-state index contributed by atoms with van der Waals surface area (Å²) in [6.07, 6.45) is 2.43. The van der Waals surface area contributed by atoms with Crippen molar-refractivity contribution in [2.24, 2.45) is 0 Å². The summed E-state index contributed by atoms with van der Waals surface area (Å²) in [5.41, 5.74) is 0.210. The summed E-state index contributed by atoms with van der Waals surface area (Å²) >= 11 is 22.9. The number of anilines is 4. The molecule has 0 bridgehead atoms. The van der Waals surface area contributed by atoms with Gasteiger partial charge < -0.3 is 10.6 Å². The Morgan fingerprint density at radius 2 is 0.900 bits per heavy atom. The van der Waals surface area contributed by atoms with E-state index in [0.717, 1.165) is 12.1 Å². The normalized spacial score (nSPS) is 12.1. The van der Waals surface area contributed by atoms with E-state index in [1.54, 1.807) is 0 Å². The predicted molar refractivity (Wildman–Crippen MR) is 148 cm³/mol. The van der Waals surface area contributed by atoms with Crippen molar-refractivity contribution in [2.45, 2.75) is 9.79 Å². The third-order valence-corrected chi connectivity index (χ3v) is 7.19. The van der Waals surface area contributed by atoms with Gasteiger partial charge in [-0.25, -0.2) is 0 Å². The van der Waals surface area contributed by atoms with E-state index in [-0.39, 0.29) is 55.5 Å². The molecular weight excluding hydrogens is 654 g/mol. The van der Waals surface area contributed by atoms with Crippen molar-refractivity contribution < 1.29 is 25.9 Å². The summed E-state index contributed by atoms with van der Waals surface area (Å²) in [4.78, 5) is 21.3. The van der Waals surface area contributed by atoms with Crippen LogP contribution in [0, 0.1) is 0 Å². The first-order valence-corrected chi connectivity index (χ1v) is 14.7. The molecule has 4 aromatic rings. The van der Waals surface area contributed by atoms with E-state index in [9.17, 15) is 25.9 Å². The number of hydrogen-bond acceptors (Lipinski definition) is 12. The highest BCUT2D eigenvalue weighted by molar-refractivity contribution is 7.86. The van der Waals surface area contributed by atoms with Crippen molar-refractivity contribution in [1.29, 1.82) is 0 Å². The average Bonchev–Trinajstić information content (AvgIpc) is 2.81. The van der Waals surface area contributed by atoms with Gasteiger partial charge in [0.1, 0.15) is 9.79 Å². The van der Waals surface area contributed by atoms with Crippen LogP contribution >= 0.6 is 46.4 Å². The van der Waals surface area contributed by atoms with Crippen molar-refractivity contribution in [3.63, 3.8) is 0 Å². The number of nitrogens with one attached hydrogen (secondary N) is 2. The molecule has 4 rings (SSSR count). The van der Waals surface area contributed by atoms with Crippen LogP contribution in [-0.2, 0) is 20.2 Å². The number of aromatic nitrogens is 6. The van der Waals surface area contributed by atoms with Crippen molar-refractivity contribution >= 4 is 102 Å². The first-order chi connectivity index (χ1) is 18.7. The summed E-state index contributed by atoms with van der Waals surface area (Å²) in [5.74, 6) is -0.189. The van der Waals surface area contributed by atoms with Crippen LogP contribution in [-0.4, -0.2) is 55.8 Å². The zero-order valence-corrected chi connectivity index (χ0v) is 23.8. The second kappa shape index (κ2) is 11.7. The maximum Gasteiger partial charge on any atom is 0.295 e. The molecule has 0 aliphatic rings. The highest BCUT2D eigenvalue weighted by Crippen LogP contribution is 2.28. The van der Waals surface area contributed by atoms with Gasteiger partial charge in [0, 0.05) is 11.4 Å². The first kappa shape index (κ1) is 29.8. The Balaban J connectivity index is 1.69. The fraction of sp³-hybridized carbons (Fsp3) is 0. The van der Waals surface area contributed by atoms with E-state index >= 15 is 0 Å². The summed E-state index contributed by atoms with van der Waals surface area (Å²) in [5, 5.41) is 4.50. The van der Waals surface area contributed by atoms with E-state index in [0.29, 0.717) is 0 Å². The van der Waals surface area contributed by atoms with Gasteiger partial charge in [0.15, 0.2) is 0 Å². The Kier molecular flexibility index (Phi) is 8.72. The fourth-order valence-electron chi connectivity index (χ4n) is 3.15. The standard InChI is InChI=1S/C20H12Cl4N8O6S2/c21-15-27-16(22)30-19(29-15)25-11-5-3-9(13(7-11)39(33,34)35)1-2-10-4-6-12(8-14(10)40(36,37)38)26-20-31-17(23)28-18(24)32-20/h1-8H,(H,33,34,35)(H,36,37,38)(H,25,27,29,30)(H,26,28,31,32). The first-order valence-electron chi connectivity index (χ1n) is 10.3. The third-order valence-electron chi connectivity index (χ3n) is 4.70. The van der Waals surface area contributed by atoms with Gasteiger partial charge in [-0.15, -0.1) is 0 Å². The molecule has 0 aliphatic heterocycles. The third kappa shape index (κ3) is 7.70. The minimum Gasteiger partial charge on any atom is -0.324 e. The molecule has 208 valence electrons. The number of hydrogen-bond donors (Lipinski definition) is 4. The van der Waals surface area contributed by atoms with Crippen molar-refractivity contribution in [2.75, 3.05) is 10.6 Å². The predicted octanol–water partition coefficient (Wildman–Crippen LogP) is 4.82. The molecule has 2 heterocycles. The van der Waals surface area contributed by atoms with Gasteiger partial charge in [0.2, 0.25) is 33.0 Å². The Morgan fingerprint density at radius 1 is 0.575 bits per heavy atom. The maximum atomic E-state index is 12.1. The number of benzene rings is 2. The Bertz CT molecular complexity index is 1700. The van der Waals surface area contributed by atoms with E-state index in [4.69, 9.17) is 46.4 Å². The average molecular weight is 666 g/mol. The topological polar surface area (TPSA) is 210 Å². The van der Waals surface area contributed by atoms with Crippen LogP contribution in [0.15, 0.2) is 46.2 Å². The van der Waals surface area contributed by atoms with Gasteiger partial charge in [-0.05, 0) is 81.8 Å². The molecule has 2 aromatic heterocycles. The van der Waals surface area contributed by atoms with Crippen molar-refractivity contribution in [1.82, 2.24) is 29.9 Å². The van der Waals surface area contributed by atoms with Gasteiger partial charge >= 0.3 is 0 Å². The van der Waals surface area contributed by atoms with Gasteiger partial charge in [0.25, 0.3) is 20.2 Å². The smallest absolute Gasteiger partial charge is 0.295 e. The quantitative estimate of drug-likeness (QED) is 0.147. The number of rotatable bonds is 8. The van der Waals surface area contributed by atoms with Crippen LogP contribution < -0.4 is 10.6 Å². The SMILES string of the molecule is O=S(=O)(O)c1cc(Nc2nc(Cl)nc(Cl)n2)ccc1C=Cc1ccc(Nc2nc(Cl)nc(Cl)n2)cc1S(=O)(=O)O. The monoisotopic (exact) mass is 664 g/mol. The molecule has 40 heavy (non-hydrogen) atoms. The molecular formula is C20H12Cl4N8O6S2. The summed E-state index contributed by atoms with van der Waals surface area (Å²) in [6, 6.07) is 7.60. The van der Waals surface area contributed by atoms with Crippen LogP contribution in [0.25, 0.3) is 12.2 Å². The molecule has 0 atom stereocenters. The van der Waals surface area contributed by atoms with Crippen LogP contribution in [0.1, 0.15) is 11.1 Å². The van der Waals surface area contributed by atoms with Crippen LogP contribution in [0.3, 0.4) is 0 Å². The summed E-state index contributed by atoms with van der Waals surface area (Å²) in [7, 11) is -9.54. The molecule has 0 saturated heterocycles. The molecule has 0 spiro atoms. The molecule has 0 saturated carbocycles. The minimum absolute atomic E-state index is 0.0299. The molecule has 2 aromatic carbocycles.